The van der Waals surface area contributed by atoms with E-state index in [1.807, 2.05) is 37.3 Å². The maximum absolute atomic E-state index is 15.2. The predicted octanol–water partition coefficient (Wildman–Crippen LogP) is 7.60. The fourth-order valence-corrected chi connectivity index (χ4v) is 5.79. The first-order valence-electron chi connectivity index (χ1n) is 13.0. The van der Waals surface area contributed by atoms with Gasteiger partial charge in [-0.1, -0.05) is 35.9 Å². The molecule has 0 amide bonds. The molecule has 6 heteroatoms. The van der Waals surface area contributed by atoms with E-state index in [0.29, 0.717) is 23.4 Å². The van der Waals surface area contributed by atoms with E-state index in [4.69, 9.17) is 16.3 Å². The van der Waals surface area contributed by atoms with Crippen LogP contribution in [0.3, 0.4) is 0 Å². The van der Waals surface area contributed by atoms with Crippen molar-refractivity contribution in [2.45, 2.75) is 45.1 Å². The normalized spacial score (nSPS) is 18.1. The molecule has 0 spiro atoms. The van der Waals surface area contributed by atoms with Crippen LogP contribution in [0.2, 0.25) is 5.02 Å². The molecule has 1 saturated heterocycles. The van der Waals surface area contributed by atoms with Gasteiger partial charge in [-0.15, -0.1) is 0 Å². The molecule has 3 nitrogen and oxygen atoms in total. The van der Waals surface area contributed by atoms with Crippen molar-refractivity contribution in [3.63, 3.8) is 0 Å². The van der Waals surface area contributed by atoms with Gasteiger partial charge in [0.15, 0.2) is 0 Å². The molecule has 5 rings (SSSR count). The second-order valence-electron chi connectivity index (χ2n) is 9.96. The summed E-state index contributed by atoms with van der Waals surface area (Å²) in [7, 11) is 0. The Bertz CT molecular complexity index is 1310. The van der Waals surface area contributed by atoms with Crippen molar-refractivity contribution in [2.75, 3.05) is 26.3 Å². The molecule has 0 aromatic heterocycles. The van der Waals surface area contributed by atoms with Crippen LogP contribution in [0.15, 0.2) is 54.6 Å². The van der Waals surface area contributed by atoms with Crippen LogP contribution in [0, 0.1) is 12.7 Å². The van der Waals surface area contributed by atoms with Gasteiger partial charge in [0, 0.05) is 30.2 Å². The van der Waals surface area contributed by atoms with Crippen molar-refractivity contribution in [1.82, 2.24) is 4.90 Å². The summed E-state index contributed by atoms with van der Waals surface area (Å²) in [6.07, 6.45) is 3.94. The number of benzene rings is 3. The minimum atomic E-state index is -0.336. The van der Waals surface area contributed by atoms with E-state index < -0.39 is 0 Å². The number of ether oxygens (including phenoxy) is 1. The number of fused-ring (bicyclic) bond motifs is 1. The minimum Gasteiger partial charge on any atom is -0.508 e. The quantitative estimate of drug-likeness (QED) is 0.346. The Morgan fingerprint density at radius 2 is 1.84 bits per heavy atom. The highest BCUT2D eigenvalue weighted by Gasteiger charge is 2.25. The average molecular weight is 524 g/mol. The van der Waals surface area contributed by atoms with E-state index in [9.17, 15) is 9.50 Å². The van der Waals surface area contributed by atoms with Gasteiger partial charge in [0.25, 0.3) is 0 Å². The van der Waals surface area contributed by atoms with Crippen molar-refractivity contribution in [3.05, 3.63) is 93.3 Å². The number of hydrogen-bond donors (Lipinski definition) is 1. The fourth-order valence-electron chi connectivity index (χ4n) is 5.64. The van der Waals surface area contributed by atoms with Gasteiger partial charge in [-0.05, 0) is 103 Å². The molecule has 0 saturated carbocycles. The van der Waals surface area contributed by atoms with Gasteiger partial charge in [0.05, 0.1) is 6.67 Å². The number of likely N-dealkylation sites (tertiary alicyclic amines) is 1. The molecular formula is C31H32ClF2NO2. The van der Waals surface area contributed by atoms with Crippen LogP contribution in [0.1, 0.15) is 53.5 Å². The van der Waals surface area contributed by atoms with Gasteiger partial charge in [-0.3, -0.25) is 9.29 Å². The maximum atomic E-state index is 15.2. The van der Waals surface area contributed by atoms with Gasteiger partial charge >= 0.3 is 0 Å². The van der Waals surface area contributed by atoms with Gasteiger partial charge < -0.3 is 9.84 Å². The largest absolute Gasteiger partial charge is 0.508 e. The predicted molar refractivity (Wildman–Crippen MR) is 146 cm³/mol. The van der Waals surface area contributed by atoms with Crippen molar-refractivity contribution < 1.29 is 18.6 Å². The lowest BCUT2D eigenvalue weighted by Gasteiger charge is -2.19. The van der Waals surface area contributed by atoms with E-state index in [1.54, 1.807) is 18.2 Å². The first kappa shape index (κ1) is 25.7. The average Bonchev–Trinajstić information content (AvgIpc) is 3.24. The Labute approximate surface area is 222 Å². The number of rotatable bonds is 7. The van der Waals surface area contributed by atoms with E-state index >= 15 is 4.39 Å². The number of phenolic OH excluding ortho intramolecular Hbond substituents is 1. The van der Waals surface area contributed by atoms with E-state index in [1.165, 1.54) is 6.07 Å². The van der Waals surface area contributed by atoms with Crippen molar-refractivity contribution in [2.24, 2.45) is 0 Å². The summed E-state index contributed by atoms with van der Waals surface area (Å²) >= 11 is 6.06. The molecule has 0 unspecified atom stereocenters. The van der Waals surface area contributed by atoms with E-state index in [2.05, 4.69) is 4.90 Å². The molecule has 1 atom stereocenters. The minimum absolute atomic E-state index is 0.0904. The highest BCUT2D eigenvalue weighted by Crippen LogP contribution is 2.43. The lowest BCUT2D eigenvalue weighted by atomic mass is 9.86. The molecule has 0 bridgehead atoms. The Hall–Kier alpha value is -2.89. The van der Waals surface area contributed by atoms with Crippen LogP contribution < -0.4 is 4.74 Å². The van der Waals surface area contributed by atoms with Crippen molar-refractivity contribution in [1.29, 1.82) is 0 Å². The second-order valence-corrected chi connectivity index (χ2v) is 10.4. The lowest BCUT2D eigenvalue weighted by Crippen LogP contribution is -2.26. The number of alkyl halides is 1. The monoisotopic (exact) mass is 523 g/mol. The smallest absolute Gasteiger partial charge is 0.132 e. The number of aromatic hydroxyl groups is 1. The van der Waals surface area contributed by atoms with Gasteiger partial charge in [-0.2, -0.15) is 0 Å². The number of allylic oxidation sites excluding steroid dienone is 1. The number of nitrogens with zero attached hydrogens (tertiary/aromatic N) is 1. The van der Waals surface area contributed by atoms with Crippen LogP contribution in [-0.2, 0) is 6.42 Å². The number of hydrogen-bond acceptors (Lipinski definition) is 3. The van der Waals surface area contributed by atoms with Crippen LogP contribution in [0.25, 0.3) is 11.1 Å². The van der Waals surface area contributed by atoms with E-state index in [-0.39, 0.29) is 24.3 Å². The Balaban J connectivity index is 1.51. The Kier molecular flexibility index (Phi) is 7.82. The summed E-state index contributed by atoms with van der Waals surface area (Å²) in [5, 5.41) is 10.8. The van der Waals surface area contributed by atoms with Crippen LogP contribution >= 0.6 is 11.6 Å². The SMILES string of the molecule is Cc1c(O)ccc2c1CCCC(c1ccc(Cl)cc1F)=C2c1ccc(O[C@H]2CCN(CCCF)C2)cc1. The lowest BCUT2D eigenvalue weighted by molar-refractivity contribution is 0.198. The summed E-state index contributed by atoms with van der Waals surface area (Å²) in [6.45, 7) is 4.15. The first-order valence-corrected chi connectivity index (χ1v) is 13.4. The molecule has 1 aliphatic heterocycles. The molecule has 2 aliphatic rings. The molecule has 1 N–H and O–H groups in total. The molecule has 3 aromatic rings. The Morgan fingerprint density at radius 3 is 2.59 bits per heavy atom. The maximum Gasteiger partial charge on any atom is 0.132 e. The van der Waals surface area contributed by atoms with Gasteiger partial charge in [-0.25, -0.2) is 4.39 Å². The summed E-state index contributed by atoms with van der Waals surface area (Å²) < 4.78 is 33.9. The molecule has 1 aliphatic carbocycles. The standard InChI is InChI=1S/C31H32ClF2NO2/c1-20-25-4-2-5-27(26-11-8-22(32)18-29(26)34)31(28(25)12-13-30(20)36)21-6-9-23(10-7-21)37-24-14-17-35(19-24)16-3-15-33/h6-13,18,24,36H,2-5,14-17,19H2,1H3/t24-/m0/s1. The molecular weight excluding hydrogens is 492 g/mol. The third kappa shape index (κ3) is 5.53. The number of phenols is 1. The van der Waals surface area contributed by atoms with Crippen LogP contribution in [0.5, 0.6) is 11.5 Å². The molecule has 1 heterocycles. The zero-order valence-electron chi connectivity index (χ0n) is 21.1. The molecule has 3 aromatic carbocycles. The Morgan fingerprint density at radius 1 is 1.05 bits per heavy atom. The summed E-state index contributed by atoms with van der Waals surface area (Å²) in [6, 6.07) is 16.5. The molecule has 194 valence electrons. The van der Waals surface area contributed by atoms with Gasteiger partial charge in [0.2, 0.25) is 0 Å². The molecule has 0 radical (unpaired) electrons. The van der Waals surface area contributed by atoms with Gasteiger partial charge in [0.1, 0.15) is 23.4 Å². The topological polar surface area (TPSA) is 32.7 Å². The molecule has 1 fully saturated rings. The summed E-state index contributed by atoms with van der Waals surface area (Å²) in [5.41, 5.74) is 6.42. The third-order valence-electron chi connectivity index (χ3n) is 7.53. The second kappa shape index (κ2) is 11.2. The number of halogens is 3. The zero-order valence-corrected chi connectivity index (χ0v) is 21.8. The van der Waals surface area contributed by atoms with E-state index in [0.717, 1.165) is 78.0 Å². The van der Waals surface area contributed by atoms with Crippen LogP contribution in [0.4, 0.5) is 8.78 Å². The van der Waals surface area contributed by atoms with Crippen molar-refractivity contribution in [3.8, 4) is 11.5 Å². The fraction of sp³-hybridized carbons (Fsp3) is 0.355. The van der Waals surface area contributed by atoms with Crippen LogP contribution in [-0.4, -0.2) is 42.4 Å². The van der Waals surface area contributed by atoms with Crippen molar-refractivity contribution >= 4 is 22.7 Å². The zero-order chi connectivity index (χ0) is 25.9. The highest BCUT2D eigenvalue weighted by atomic mass is 35.5. The first-order chi connectivity index (χ1) is 17.9. The summed E-state index contributed by atoms with van der Waals surface area (Å²) in [4.78, 5) is 2.25. The molecule has 37 heavy (non-hydrogen) atoms. The highest BCUT2D eigenvalue weighted by molar-refractivity contribution is 6.30. The summed E-state index contributed by atoms with van der Waals surface area (Å²) in [5.74, 6) is 0.731. The third-order valence-corrected chi connectivity index (χ3v) is 7.77.